The van der Waals surface area contributed by atoms with Crippen LogP contribution in [-0.2, 0) is 0 Å². The molecule has 1 saturated carbocycles. The van der Waals surface area contributed by atoms with Gasteiger partial charge in [0.25, 0.3) is 5.91 Å². The second-order valence-corrected chi connectivity index (χ2v) is 6.71. The van der Waals surface area contributed by atoms with Crippen LogP contribution in [0.2, 0.25) is 0 Å². The van der Waals surface area contributed by atoms with E-state index < -0.39 is 0 Å². The van der Waals surface area contributed by atoms with Gasteiger partial charge in [0.1, 0.15) is 6.33 Å². The zero-order chi connectivity index (χ0) is 15.8. The summed E-state index contributed by atoms with van der Waals surface area (Å²) in [5.74, 6) is 0.826. The molecule has 2 aliphatic rings. The van der Waals surface area contributed by atoms with Gasteiger partial charge in [0.05, 0.1) is 5.69 Å². The molecule has 1 amide bonds. The molecule has 2 aromatic rings. The molecule has 0 unspecified atom stereocenters. The molecule has 4 rings (SSSR count). The van der Waals surface area contributed by atoms with Gasteiger partial charge in [-0.3, -0.25) is 4.79 Å². The molecule has 23 heavy (non-hydrogen) atoms. The molecule has 0 radical (unpaired) electrons. The highest BCUT2D eigenvalue weighted by atomic mass is 16.2. The summed E-state index contributed by atoms with van der Waals surface area (Å²) in [4.78, 5) is 15.2. The highest BCUT2D eigenvalue weighted by molar-refractivity contribution is 5.95. The van der Waals surface area contributed by atoms with Crippen molar-refractivity contribution in [1.82, 2.24) is 25.1 Å². The fourth-order valence-electron chi connectivity index (χ4n) is 4.27. The van der Waals surface area contributed by atoms with E-state index in [1.54, 1.807) is 11.0 Å². The zero-order valence-electron chi connectivity index (χ0n) is 13.3. The minimum absolute atomic E-state index is 0.141. The van der Waals surface area contributed by atoms with Crippen molar-refractivity contribution >= 4 is 5.91 Å². The van der Waals surface area contributed by atoms with E-state index in [-0.39, 0.29) is 5.91 Å². The Kier molecular flexibility index (Phi) is 3.59. The van der Waals surface area contributed by atoms with Crippen LogP contribution in [0.25, 0.3) is 5.69 Å². The highest BCUT2D eigenvalue weighted by Crippen LogP contribution is 2.40. The number of likely N-dealkylation sites (tertiary alicyclic amines) is 1. The van der Waals surface area contributed by atoms with Crippen molar-refractivity contribution < 1.29 is 4.79 Å². The number of amides is 1. The van der Waals surface area contributed by atoms with Gasteiger partial charge in [-0.2, -0.15) is 0 Å². The number of fused-ring (bicyclic) bond motifs is 1. The number of carbonyl (C=O) groups is 1. The Morgan fingerprint density at radius 1 is 1.26 bits per heavy atom. The molecule has 0 N–H and O–H groups in total. The molecule has 2 fully saturated rings. The lowest BCUT2D eigenvalue weighted by molar-refractivity contribution is 0.0633. The van der Waals surface area contributed by atoms with Crippen molar-refractivity contribution in [3.63, 3.8) is 0 Å². The van der Waals surface area contributed by atoms with E-state index in [4.69, 9.17) is 0 Å². The third-order valence-corrected chi connectivity index (χ3v) is 5.29. The topological polar surface area (TPSA) is 63.9 Å². The monoisotopic (exact) mass is 311 g/mol. The molecule has 0 bridgehead atoms. The molecule has 120 valence electrons. The number of rotatable bonds is 2. The summed E-state index contributed by atoms with van der Waals surface area (Å²) in [6.07, 6.45) is 7.65. The number of benzene rings is 1. The minimum atomic E-state index is 0.141. The van der Waals surface area contributed by atoms with Gasteiger partial charge in [-0.15, -0.1) is 5.10 Å². The SMILES string of the molecule is C[C@@H]1C[C@H]2CCCC[C@H]2N1C(=O)c1cccc(-n2cnnn2)c1. The molecule has 1 aliphatic heterocycles. The summed E-state index contributed by atoms with van der Waals surface area (Å²) in [5, 5.41) is 11.2. The average Bonchev–Trinajstić information content (AvgIpc) is 3.21. The van der Waals surface area contributed by atoms with E-state index in [9.17, 15) is 4.79 Å². The number of hydrogen-bond acceptors (Lipinski definition) is 4. The van der Waals surface area contributed by atoms with Gasteiger partial charge in [-0.1, -0.05) is 18.9 Å². The van der Waals surface area contributed by atoms with Crippen molar-refractivity contribution in [2.24, 2.45) is 5.92 Å². The molecule has 2 heterocycles. The Bertz CT molecular complexity index is 699. The molecule has 0 spiro atoms. The first kappa shape index (κ1) is 14.4. The summed E-state index contributed by atoms with van der Waals surface area (Å²) < 4.78 is 1.58. The average molecular weight is 311 g/mol. The second kappa shape index (κ2) is 5.76. The maximum Gasteiger partial charge on any atom is 0.254 e. The minimum Gasteiger partial charge on any atom is -0.333 e. The van der Waals surface area contributed by atoms with Crippen LogP contribution >= 0.6 is 0 Å². The van der Waals surface area contributed by atoms with Gasteiger partial charge in [0.15, 0.2) is 0 Å². The fraction of sp³-hybridized carbons (Fsp3) is 0.529. The molecule has 1 aromatic heterocycles. The van der Waals surface area contributed by atoms with Crippen LogP contribution in [0, 0.1) is 5.92 Å². The van der Waals surface area contributed by atoms with Crippen molar-refractivity contribution in [2.75, 3.05) is 0 Å². The number of tetrazole rings is 1. The summed E-state index contributed by atoms with van der Waals surface area (Å²) in [6.45, 7) is 2.18. The summed E-state index contributed by atoms with van der Waals surface area (Å²) in [7, 11) is 0. The zero-order valence-corrected chi connectivity index (χ0v) is 13.3. The molecular formula is C17H21N5O. The third-order valence-electron chi connectivity index (χ3n) is 5.29. The molecule has 3 atom stereocenters. The molecule has 6 heteroatoms. The Morgan fingerprint density at radius 2 is 2.13 bits per heavy atom. The summed E-state index contributed by atoms with van der Waals surface area (Å²) >= 11 is 0. The van der Waals surface area contributed by atoms with Crippen molar-refractivity contribution in [2.45, 2.75) is 51.1 Å². The first-order chi connectivity index (χ1) is 11.2. The lowest BCUT2D eigenvalue weighted by atomic mass is 9.85. The van der Waals surface area contributed by atoms with E-state index in [0.717, 1.165) is 24.1 Å². The van der Waals surface area contributed by atoms with Crippen LogP contribution in [0.4, 0.5) is 0 Å². The van der Waals surface area contributed by atoms with Crippen LogP contribution in [0.3, 0.4) is 0 Å². The van der Waals surface area contributed by atoms with Gasteiger partial charge in [-0.25, -0.2) is 4.68 Å². The maximum absolute atomic E-state index is 13.1. The van der Waals surface area contributed by atoms with Crippen LogP contribution in [0.5, 0.6) is 0 Å². The van der Waals surface area contributed by atoms with Crippen molar-refractivity contribution in [3.05, 3.63) is 36.2 Å². The number of carbonyl (C=O) groups excluding carboxylic acids is 1. The van der Waals surface area contributed by atoms with Crippen LogP contribution in [0.1, 0.15) is 49.4 Å². The number of nitrogens with zero attached hydrogens (tertiary/aromatic N) is 5. The molecular weight excluding hydrogens is 290 g/mol. The van der Waals surface area contributed by atoms with Gasteiger partial charge < -0.3 is 4.90 Å². The van der Waals surface area contributed by atoms with E-state index >= 15 is 0 Å². The fourth-order valence-corrected chi connectivity index (χ4v) is 4.27. The Labute approximate surface area is 135 Å². The Hall–Kier alpha value is -2.24. The molecule has 6 nitrogen and oxygen atoms in total. The summed E-state index contributed by atoms with van der Waals surface area (Å²) in [5.41, 5.74) is 1.53. The van der Waals surface area contributed by atoms with Crippen LogP contribution < -0.4 is 0 Å². The van der Waals surface area contributed by atoms with Crippen LogP contribution in [0.15, 0.2) is 30.6 Å². The Balaban J connectivity index is 1.62. The number of aromatic nitrogens is 4. The first-order valence-electron chi connectivity index (χ1n) is 8.40. The highest BCUT2D eigenvalue weighted by Gasteiger charge is 2.42. The first-order valence-corrected chi connectivity index (χ1v) is 8.40. The maximum atomic E-state index is 13.1. The standard InChI is InChI=1S/C17H21N5O/c1-12-9-13-5-2-3-8-16(13)22(12)17(23)14-6-4-7-15(10-14)21-11-18-19-20-21/h4,6-7,10-13,16H,2-3,5,8-9H2,1H3/t12-,13-,16-/m1/s1. The predicted octanol–water partition coefficient (Wildman–Crippen LogP) is 2.46. The Morgan fingerprint density at radius 3 is 2.96 bits per heavy atom. The molecule has 1 aliphatic carbocycles. The van der Waals surface area contributed by atoms with E-state index in [2.05, 4.69) is 27.3 Å². The van der Waals surface area contributed by atoms with E-state index in [1.807, 2.05) is 24.3 Å². The van der Waals surface area contributed by atoms with E-state index in [0.29, 0.717) is 18.0 Å². The van der Waals surface area contributed by atoms with Gasteiger partial charge in [0, 0.05) is 17.6 Å². The molecule has 1 saturated heterocycles. The van der Waals surface area contributed by atoms with Crippen molar-refractivity contribution in [1.29, 1.82) is 0 Å². The third kappa shape index (κ3) is 2.52. The molecule has 1 aromatic carbocycles. The van der Waals surface area contributed by atoms with Crippen LogP contribution in [-0.4, -0.2) is 43.1 Å². The lowest BCUT2D eigenvalue weighted by Gasteiger charge is -2.33. The summed E-state index contributed by atoms with van der Waals surface area (Å²) in [6, 6.07) is 8.31. The number of hydrogen-bond donors (Lipinski definition) is 0. The second-order valence-electron chi connectivity index (χ2n) is 6.71. The smallest absolute Gasteiger partial charge is 0.254 e. The largest absolute Gasteiger partial charge is 0.333 e. The van der Waals surface area contributed by atoms with Gasteiger partial charge >= 0.3 is 0 Å². The quantitative estimate of drug-likeness (QED) is 0.854. The van der Waals surface area contributed by atoms with Gasteiger partial charge in [-0.05, 0) is 60.7 Å². The lowest BCUT2D eigenvalue weighted by Crippen LogP contribution is -2.42. The van der Waals surface area contributed by atoms with Crippen molar-refractivity contribution in [3.8, 4) is 5.69 Å². The predicted molar refractivity (Wildman–Crippen MR) is 85.1 cm³/mol. The normalized spacial score (nSPS) is 27.0. The van der Waals surface area contributed by atoms with E-state index in [1.165, 1.54) is 19.3 Å². The van der Waals surface area contributed by atoms with Gasteiger partial charge in [0.2, 0.25) is 0 Å².